The van der Waals surface area contributed by atoms with Crippen molar-refractivity contribution in [3.8, 4) is 0 Å². The maximum absolute atomic E-state index is 4.72. The van der Waals surface area contributed by atoms with E-state index in [2.05, 4.69) is 37.7 Å². The topological polar surface area (TPSA) is 29.9 Å². The highest BCUT2D eigenvalue weighted by Gasteiger charge is 2.22. The minimum atomic E-state index is 0.661. The fourth-order valence-corrected chi connectivity index (χ4v) is 2.94. The summed E-state index contributed by atoms with van der Waals surface area (Å²) in [4.78, 5) is 0. The molecule has 0 atom stereocenters. The fraction of sp³-hybridized carbons (Fsp3) is 0.786. The maximum atomic E-state index is 4.72. The second-order valence-corrected chi connectivity index (χ2v) is 5.68. The van der Waals surface area contributed by atoms with E-state index >= 15 is 0 Å². The summed E-state index contributed by atoms with van der Waals surface area (Å²) in [6, 6.07) is 0. The molecule has 0 aromatic carbocycles. The van der Waals surface area contributed by atoms with E-state index in [1.807, 2.05) is 0 Å². The van der Waals surface area contributed by atoms with Crippen LogP contribution in [0.5, 0.6) is 0 Å². The summed E-state index contributed by atoms with van der Waals surface area (Å²) in [5, 5.41) is 8.16. The largest absolute Gasteiger partial charge is 0.317 e. The van der Waals surface area contributed by atoms with Gasteiger partial charge in [-0.25, -0.2) is 0 Å². The Labute approximate surface area is 105 Å². The molecule has 2 heterocycles. The number of hydrogen-bond donors (Lipinski definition) is 1. The minimum absolute atomic E-state index is 0.661. The number of nitrogens with zero attached hydrogens (tertiary/aromatic N) is 2. The lowest BCUT2D eigenvalue weighted by Crippen LogP contribution is -2.27. The van der Waals surface area contributed by atoms with Crippen LogP contribution in [0.25, 0.3) is 0 Å². The van der Waals surface area contributed by atoms with Crippen LogP contribution in [0, 0.1) is 19.8 Å². The molecule has 96 valence electrons. The summed E-state index contributed by atoms with van der Waals surface area (Å²) in [5.41, 5.74) is 4.16. The highest BCUT2D eigenvalue weighted by Crippen LogP contribution is 2.30. The average molecular weight is 235 g/mol. The van der Waals surface area contributed by atoms with Crippen LogP contribution in [0.15, 0.2) is 0 Å². The molecule has 1 fully saturated rings. The summed E-state index contributed by atoms with van der Waals surface area (Å²) in [7, 11) is 0. The Bertz CT molecular complexity index is 373. The Morgan fingerprint density at radius 2 is 1.94 bits per heavy atom. The Kier molecular flexibility index (Phi) is 3.87. The first-order valence-corrected chi connectivity index (χ1v) is 6.84. The molecule has 0 bridgehead atoms. The first kappa shape index (κ1) is 12.6. The van der Waals surface area contributed by atoms with Crippen molar-refractivity contribution in [1.29, 1.82) is 0 Å². The van der Waals surface area contributed by atoms with Crippen LogP contribution in [0.4, 0.5) is 0 Å². The minimum Gasteiger partial charge on any atom is -0.317 e. The van der Waals surface area contributed by atoms with Crippen molar-refractivity contribution in [3.05, 3.63) is 17.0 Å². The second kappa shape index (κ2) is 5.21. The van der Waals surface area contributed by atoms with Crippen LogP contribution in [0.2, 0.25) is 0 Å². The number of piperidine rings is 1. The molecule has 17 heavy (non-hydrogen) atoms. The quantitative estimate of drug-likeness (QED) is 0.873. The number of rotatable bonds is 3. The lowest BCUT2D eigenvalue weighted by molar-refractivity contribution is 0.452. The van der Waals surface area contributed by atoms with Crippen molar-refractivity contribution in [2.24, 2.45) is 5.92 Å². The Hall–Kier alpha value is -0.830. The number of aromatic nitrogens is 2. The lowest BCUT2D eigenvalue weighted by Gasteiger charge is -2.23. The Morgan fingerprint density at radius 1 is 1.29 bits per heavy atom. The summed E-state index contributed by atoms with van der Waals surface area (Å²) in [6.45, 7) is 12.2. The van der Waals surface area contributed by atoms with Gasteiger partial charge >= 0.3 is 0 Å². The molecule has 1 aromatic heterocycles. The highest BCUT2D eigenvalue weighted by atomic mass is 15.3. The summed E-state index contributed by atoms with van der Waals surface area (Å²) >= 11 is 0. The number of nitrogens with one attached hydrogen (secondary N) is 1. The third-order valence-corrected chi connectivity index (χ3v) is 3.72. The van der Waals surface area contributed by atoms with Crippen molar-refractivity contribution < 1.29 is 0 Å². The first-order chi connectivity index (χ1) is 8.09. The molecule has 3 nitrogen and oxygen atoms in total. The van der Waals surface area contributed by atoms with Crippen molar-refractivity contribution in [3.63, 3.8) is 0 Å². The van der Waals surface area contributed by atoms with E-state index in [0.717, 1.165) is 25.6 Å². The van der Waals surface area contributed by atoms with Gasteiger partial charge in [-0.2, -0.15) is 5.10 Å². The van der Waals surface area contributed by atoms with E-state index in [4.69, 9.17) is 5.10 Å². The van der Waals surface area contributed by atoms with Gasteiger partial charge in [-0.15, -0.1) is 0 Å². The normalized spacial score (nSPS) is 17.9. The van der Waals surface area contributed by atoms with Gasteiger partial charge in [-0.1, -0.05) is 13.8 Å². The van der Waals surface area contributed by atoms with E-state index < -0.39 is 0 Å². The Morgan fingerprint density at radius 3 is 2.53 bits per heavy atom. The second-order valence-electron chi connectivity index (χ2n) is 5.68. The van der Waals surface area contributed by atoms with Crippen molar-refractivity contribution in [2.45, 2.75) is 53.0 Å². The van der Waals surface area contributed by atoms with E-state index in [1.165, 1.54) is 29.8 Å². The van der Waals surface area contributed by atoms with Crippen LogP contribution in [-0.4, -0.2) is 22.9 Å². The van der Waals surface area contributed by atoms with E-state index in [0.29, 0.717) is 5.92 Å². The van der Waals surface area contributed by atoms with Crippen LogP contribution >= 0.6 is 0 Å². The van der Waals surface area contributed by atoms with Gasteiger partial charge in [0.15, 0.2) is 0 Å². The lowest BCUT2D eigenvalue weighted by atomic mass is 9.89. The van der Waals surface area contributed by atoms with Gasteiger partial charge in [0, 0.05) is 12.2 Å². The monoisotopic (exact) mass is 235 g/mol. The van der Waals surface area contributed by atoms with Gasteiger partial charge in [0.25, 0.3) is 0 Å². The zero-order chi connectivity index (χ0) is 12.4. The Balaban J connectivity index is 2.24. The molecule has 1 N–H and O–H groups in total. The van der Waals surface area contributed by atoms with Gasteiger partial charge in [-0.05, 0) is 57.2 Å². The van der Waals surface area contributed by atoms with Gasteiger partial charge in [-0.3, -0.25) is 4.68 Å². The molecule has 1 saturated heterocycles. The zero-order valence-electron chi connectivity index (χ0n) is 11.6. The molecule has 1 aromatic rings. The average Bonchev–Trinajstić information content (AvgIpc) is 2.54. The van der Waals surface area contributed by atoms with E-state index in [1.54, 1.807) is 0 Å². The molecule has 1 aliphatic heterocycles. The third kappa shape index (κ3) is 2.71. The van der Waals surface area contributed by atoms with Crippen LogP contribution in [-0.2, 0) is 6.54 Å². The van der Waals surface area contributed by atoms with Crippen LogP contribution in [0.1, 0.15) is 49.6 Å². The van der Waals surface area contributed by atoms with Crippen LogP contribution < -0.4 is 5.32 Å². The first-order valence-electron chi connectivity index (χ1n) is 6.84. The standard InChI is InChI=1S/C14H25N3/c1-10(2)9-17-12(4)14(11(3)16-17)13-5-7-15-8-6-13/h10,13,15H,5-9H2,1-4H3. The molecule has 0 radical (unpaired) electrons. The summed E-state index contributed by atoms with van der Waals surface area (Å²) in [6.07, 6.45) is 2.52. The molecule has 0 aliphatic carbocycles. The smallest absolute Gasteiger partial charge is 0.0631 e. The van der Waals surface area contributed by atoms with Crippen LogP contribution in [0.3, 0.4) is 0 Å². The van der Waals surface area contributed by atoms with Gasteiger partial charge in [0.05, 0.1) is 5.69 Å². The fourth-order valence-electron chi connectivity index (χ4n) is 2.94. The number of hydrogen-bond acceptors (Lipinski definition) is 2. The highest BCUT2D eigenvalue weighted by molar-refractivity contribution is 5.29. The molecule has 3 heteroatoms. The van der Waals surface area contributed by atoms with Gasteiger partial charge < -0.3 is 5.32 Å². The molecular formula is C14H25N3. The molecule has 0 spiro atoms. The molecule has 0 amide bonds. The van der Waals surface area contributed by atoms with Crippen molar-refractivity contribution in [1.82, 2.24) is 15.1 Å². The van der Waals surface area contributed by atoms with Gasteiger partial charge in [0.2, 0.25) is 0 Å². The zero-order valence-corrected chi connectivity index (χ0v) is 11.6. The summed E-state index contributed by atoms with van der Waals surface area (Å²) in [5.74, 6) is 1.38. The molecular weight excluding hydrogens is 210 g/mol. The predicted octanol–water partition coefficient (Wildman–Crippen LogP) is 2.62. The van der Waals surface area contributed by atoms with E-state index in [9.17, 15) is 0 Å². The van der Waals surface area contributed by atoms with Crippen molar-refractivity contribution >= 4 is 0 Å². The molecule has 0 unspecified atom stereocenters. The SMILES string of the molecule is Cc1nn(CC(C)C)c(C)c1C1CCNCC1. The maximum Gasteiger partial charge on any atom is 0.0631 e. The molecule has 1 aliphatic rings. The van der Waals surface area contributed by atoms with E-state index in [-0.39, 0.29) is 0 Å². The third-order valence-electron chi connectivity index (χ3n) is 3.72. The number of aryl methyl sites for hydroxylation is 1. The molecule has 0 saturated carbocycles. The van der Waals surface area contributed by atoms with Crippen molar-refractivity contribution in [2.75, 3.05) is 13.1 Å². The summed E-state index contributed by atoms with van der Waals surface area (Å²) < 4.78 is 2.21. The molecule has 2 rings (SSSR count). The predicted molar refractivity (Wildman–Crippen MR) is 71.4 cm³/mol. The van der Waals surface area contributed by atoms with Gasteiger partial charge in [0.1, 0.15) is 0 Å².